The van der Waals surface area contributed by atoms with Crippen molar-refractivity contribution in [3.63, 3.8) is 0 Å². The molecule has 0 fully saturated rings. The van der Waals surface area contributed by atoms with E-state index in [-0.39, 0.29) is 0 Å². The van der Waals surface area contributed by atoms with Crippen LogP contribution in [-0.4, -0.2) is 15.0 Å². The number of fused-ring (bicyclic) bond motifs is 2. The Balaban J connectivity index is 0.000000938. The molecule has 0 saturated heterocycles. The summed E-state index contributed by atoms with van der Waals surface area (Å²) in [5.74, 6) is 1.92. The van der Waals surface area contributed by atoms with E-state index in [9.17, 15) is 0 Å². The van der Waals surface area contributed by atoms with Gasteiger partial charge in [0.25, 0.3) is 0 Å². The lowest BCUT2D eigenvalue weighted by Gasteiger charge is -2.17. The van der Waals surface area contributed by atoms with Crippen molar-refractivity contribution in [1.29, 1.82) is 0 Å². The molecule has 0 aliphatic rings. The highest BCUT2D eigenvalue weighted by Crippen LogP contribution is 2.39. The van der Waals surface area contributed by atoms with E-state index in [1.165, 1.54) is 49.4 Å². The van der Waals surface area contributed by atoms with E-state index in [4.69, 9.17) is 15.0 Å². The van der Waals surface area contributed by atoms with E-state index in [2.05, 4.69) is 155 Å². The molecule has 3 heteroatoms. The normalized spacial score (nSPS) is 10.5. The molecule has 0 radical (unpaired) electrons. The van der Waals surface area contributed by atoms with Gasteiger partial charge in [-0.1, -0.05) is 195 Å². The molecule has 3 nitrogen and oxygen atoms in total. The van der Waals surface area contributed by atoms with E-state index >= 15 is 0 Å². The van der Waals surface area contributed by atoms with Crippen molar-refractivity contribution in [1.82, 2.24) is 15.0 Å². The fraction of sp³-hybridized carbons (Fsp3) is 0.211. The predicted octanol–water partition coefficient (Wildman–Crippen LogP) is 17.3. The molecule has 0 N–H and O–H groups in total. The first-order valence-electron chi connectivity index (χ1n) is 21.9. The van der Waals surface area contributed by atoms with Crippen LogP contribution in [0.5, 0.6) is 0 Å². The van der Waals surface area contributed by atoms with Gasteiger partial charge in [-0.2, -0.15) is 0 Å². The van der Waals surface area contributed by atoms with Gasteiger partial charge in [0.1, 0.15) is 0 Å². The summed E-state index contributed by atoms with van der Waals surface area (Å²) < 4.78 is 0. The molecule has 0 bridgehead atoms. The number of aromatic nitrogens is 3. The number of allylic oxidation sites excluding steroid dienone is 2. The predicted molar refractivity (Wildman–Crippen MR) is 266 cm³/mol. The van der Waals surface area contributed by atoms with Crippen molar-refractivity contribution in [2.45, 2.75) is 83.1 Å². The Kier molecular flexibility index (Phi) is 17.9. The van der Waals surface area contributed by atoms with Gasteiger partial charge in [0.2, 0.25) is 0 Å². The first kappa shape index (κ1) is 46.2. The van der Waals surface area contributed by atoms with Crippen LogP contribution in [0.4, 0.5) is 0 Å². The number of nitrogens with zero attached hydrogens (tertiary/aromatic N) is 3. The van der Waals surface area contributed by atoms with Crippen LogP contribution in [0.2, 0.25) is 0 Å². The van der Waals surface area contributed by atoms with Crippen LogP contribution in [0.3, 0.4) is 0 Å². The fourth-order valence-electron chi connectivity index (χ4n) is 7.25. The fourth-order valence-corrected chi connectivity index (χ4v) is 7.25. The molecular formula is C57H63N3. The molecule has 1 heterocycles. The lowest BCUT2D eigenvalue weighted by atomic mass is 9.87. The molecule has 8 rings (SSSR count). The first-order valence-corrected chi connectivity index (χ1v) is 21.9. The van der Waals surface area contributed by atoms with Crippen LogP contribution in [0, 0.1) is 13.8 Å². The van der Waals surface area contributed by atoms with E-state index < -0.39 is 0 Å². The SMILES string of the molecule is C/C=C\c1c(C)c(C)c(/C=C\C)c2cc(-c3cc(-c4nc(-c5ccccc5)nc(-c5ccccc5)n4)cc(-c4cccc5ccccc45)c3)ccc12.CC.CC.CC.CC. The van der Waals surface area contributed by atoms with Crippen LogP contribution in [0.1, 0.15) is 91.5 Å². The summed E-state index contributed by atoms with van der Waals surface area (Å²) in [5, 5.41) is 4.89. The maximum absolute atomic E-state index is 5.13. The zero-order chi connectivity index (χ0) is 43.6. The maximum atomic E-state index is 5.13. The summed E-state index contributed by atoms with van der Waals surface area (Å²) in [5.41, 5.74) is 12.5. The average molecular weight is 790 g/mol. The second kappa shape index (κ2) is 23.2. The zero-order valence-electron chi connectivity index (χ0n) is 37.9. The Hall–Kier alpha value is -6.45. The van der Waals surface area contributed by atoms with Crippen LogP contribution >= 0.6 is 0 Å². The van der Waals surface area contributed by atoms with Crippen LogP contribution in [-0.2, 0) is 0 Å². The van der Waals surface area contributed by atoms with Crippen molar-refractivity contribution in [2.24, 2.45) is 0 Å². The smallest absolute Gasteiger partial charge is 0.164 e. The summed E-state index contributed by atoms with van der Waals surface area (Å²) >= 11 is 0. The third-order valence-electron chi connectivity index (χ3n) is 9.96. The minimum Gasteiger partial charge on any atom is -0.208 e. The maximum Gasteiger partial charge on any atom is 0.164 e. The Morgan fingerprint density at radius 3 is 1.35 bits per heavy atom. The van der Waals surface area contributed by atoms with Crippen molar-refractivity contribution < 1.29 is 0 Å². The quantitative estimate of drug-likeness (QED) is 0.161. The standard InChI is InChI=1S/C49H39N3.4C2H6/c1-5-16-41-32(3)33(4)42(17-6-2)46-31-37(26-27-45(41)46)38-28-39(44-25-15-23-34-18-13-14-24-43(34)44)30-40(29-38)49-51-47(35-19-9-7-10-20-35)50-48(52-49)36-21-11-8-12-22-36;4*1-2/h5-31H,1-4H3;4*1-2H3/b16-5-,17-6-;;;;. The highest BCUT2D eigenvalue weighted by molar-refractivity contribution is 6.02. The van der Waals surface area contributed by atoms with E-state index in [1.807, 2.05) is 91.8 Å². The largest absolute Gasteiger partial charge is 0.208 e. The molecule has 0 amide bonds. The minimum atomic E-state index is 0.633. The first-order chi connectivity index (χ1) is 29.5. The third-order valence-corrected chi connectivity index (χ3v) is 9.96. The molecule has 1 aromatic heterocycles. The molecule has 306 valence electrons. The number of hydrogen-bond acceptors (Lipinski definition) is 3. The number of benzene rings is 7. The summed E-state index contributed by atoms with van der Waals surface area (Å²) in [6, 6.07) is 49.1. The molecule has 0 unspecified atom stereocenters. The summed E-state index contributed by atoms with van der Waals surface area (Å²) in [4.78, 5) is 15.2. The summed E-state index contributed by atoms with van der Waals surface area (Å²) in [6.45, 7) is 24.6. The van der Waals surface area contributed by atoms with Crippen LogP contribution in [0.25, 0.3) is 90.1 Å². The van der Waals surface area contributed by atoms with Crippen LogP contribution in [0.15, 0.2) is 152 Å². The molecule has 0 saturated carbocycles. The Morgan fingerprint density at radius 1 is 0.350 bits per heavy atom. The van der Waals surface area contributed by atoms with Crippen LogP contribution < -0.4 is 0 Å². The average Bonchev–Trinajstić information content (AvgIpc) is 3.34. The van der Waals surface area contributed by atoms with Crippen molar-refractivity contribution in [2.75, 3.05) is 0 Å². The molecule has 7 aromatic carbocycles. The lowest BCUT2D eigenvalue weighted by Crippen LogP contribution is -2.00. The van der Waals surface area contributed by atoms with Gasteiger partial charge in [-0.25, -0.2) is 15.0 Å². The molecular weight excluding hydrogens is 727 g/mol. The Morgan fingerprint density at radius 2 is 0.800 bits per heavy atom. The van der Waals surface area contributed by atoms with Gasteiger partial charge in [0.15, 0.2) is 17.5 Å². The van der Waals surface area contributed by atoms with Crippen molar-refractivity contribution in [3.05, 3.63) is 174 Å². The molecule has 60 heavy (non-hydrogen) atoms. The highest BCUT2D eigenvalue weighted by Gasteiger charge is 2.17. The third kappa shape index (κ3) is 10.2. The number of hydrogen-bond donors (Lipinski definition) is 0. The van der Waals surface area contributed by atoms with E-state index in [1.54, 1.807) is 0 Å². The summed E-state index contributed by atoms with van der Waals surface area (Å²) in [6.07, 6.45) is 8.75. The van der Waals surface area contributed by atoms with Gasteiger partial charge in [-0.15, -0.1) is 0 Å². The second-order valence-corrected chi connectivity index (χ2v) is 13.2. The Labute approximate surface area is 360 Å². The van der Waals surface area contributed by atoms with Gasteiger partial charge in [0.05, 0.1) is 0 Å². The highest BCUT2D eigenvalue weighted by atomic mass is 15.0. The minimum absolute atomic E-state index is 0.633. The second-order valence-electron chi connectivity index (χ2n) is 13.2. The summed E-state index contributed by atoms with van der Waals surface area (Å²) in [7, 11) is 0. The van der Waals surface area contributed by atoms with Gasteiger partial charge < -0.3 is 0 Å². The van der Waals surface area contributed by atoms with E-state index in [0.717, 1.165) is 33.4 Å². The van der Waals surface area contributed by atoms with Gasteiger partial charge >= 0.3 is 0 Å². The van der Waals surface area contributed by atoms with Gasteiger partial charge in [0, 0.05) is 16.7 Å². The lowest BCUT2D eigenvalue weighted by molar-refractivity contribution is 1.07. The van der Waals surface area contributed by atoms with E-state index in [0.29, 0.717) is 17.5 Å². The van der Waals surface area contributed by atoms with Crippen molar-refractivity contribution in [3.8, 4) is 56.4 Å². The molecule has 0 aliphatic carbocycles. The Bertz CT molecular complexity index is 2590. The van der Waals surface area contributed by atoms with Gasteiger partial charge in [-0.05, 0) is 118 Å². The van der Waals surface area contributed by atoms with Gasteiger partial charge in [-0.3, -0.25) is 0 Å². The molecule has 0 aliphatic heterocycles. The number of rotatable bonds is 7. The molecule has 0 spiro atoms. The molecule has 8 aromatic rings. The van der Waals surface area contributed by atoms with Crippen molar-refractivity contribution >= 4 is 33.7 Å². The zero-order valence-corrected chi connectivity index (χ0v) is 37.9. The molecule has 0 atom stereocenters. The monoisotopic (exact) mass is 790 g/mol. The topological polar surface area (TPSA) is 38.7 Å².